The molecule has 0 aromatic rings. The van der Waals surface area contributed by atoms with Crippen molar-refractivity contribution in [3.8, 4) is 0 Å². The fourth-order valence-electron chi connectivity index (χ4n) is 5.66. The van der Waals surface area contributed by atoms with Gasteiger partial charge in [-0.15, -0.1) is 0 Å². The fraction of sp³-hybridized carbons (Fsp3) is 0.824. The van der Waals surface area contributed by atoms with Gasteiger partial charge >= 0.3 is 35.8 Å². The monoisotopic (exact) mass is 705 g/mol. The van der Waals surface area contributed by atoms with Gasteiger partial charge in [0.05, 0.1) is 49.7 Å². The number of hydrogen-bond acceptors (Lipinski definition) is 11. The highest BCUT2D eigenvalue weighted by Crippen LogP contribution is 2.29. The van der Waals surface area contributed by atoms with Gasteiger partial charge in [-0.25, -0.2) is 0 Å². The van der Waals surface area contributed by atoms with E-state index in [2.05, 4.69) is 0 Å². The number of carboxylic acids is 4. The summed E-state index contributed by atoms with van der Waals surface area (Å²) in [4.78, 5) is 71.6. The van der Waals surface area contributed by atoms with Crippen LogP contribution in [0.2, 0.25) is 0 Å². The quantitative estimate of drug-likeness (QED) is 0.0433. The average Bonchev–Trinajstić information content (AvgIpc) is 2.98. The minimum absolute atomic E-state index is 0.0700. The molecule has 0 aliphatic carbocycles. The summed E-state index contributed by atoms with van der Waals surface area (Å²) in [6.07, 6.45) is -0.0465. The Morgan fingerprint density at radius 2 is 1.12 bits per heavy atom. The zero-order chi connectivity index (χ0) is 37.7. The molecule has 0 amide bonds. The van der Waals surface area contributed by atoms with Gasteiger partial charge in [0.2, 0.25) is 0 Å². The lowest BCUT2D eigenvalue weighted by atomic mass is 9.87. The molecule has 0 saturated heterocycles. The van der Waals surface area contributed by atoms with Crippen molar-refractivity contribution in [3.63, 3.8) is 0 Å². The van der Waals surface area contributed by atoms with Crippen molar-refractivity contribution >= 4 is 35.8 Å². The number of aliphatic hydroxyl groups excluding tert-OH is 2. The molecule has 9 atom stereocenters. The number of rotatable bonds is 29. The largest absolute Gasteiger partial charge is 0.481 e. The third-order valence-electron chi connectivity index (χ3n) is 8.56. The third kappa shape index (κ3) is 21.4. The van der Waals surface area contributed by atoms with Crippen LogP contribution in [0.25, 0.3) is 0 Å². The Balaban J connectivity index is 5.94. The van der Waals surface area contributed by atoms with Gasteiger partial charge < -0.3 is 45.8 Å². The molecule has 0 bridgehead atoms. The summed E-state index contributed by atoms with van der Waals surface area (Å²) in [5.41, 5.74) is 5.68. The first-order valence-corrected chi connectivity index (χ1v) is 17.3. The molecular formula is C34H59NO14. The van der Waals surface area contributed by atoms with Crippen molar-refractivity contribution in [1.29, 1.82) is 0 Å². The highest BCUT2D eigenvalue weighted by molar-refractivity contribution is 5.83. The maximum absolute atomic E-state index is 13.0. The Bertz CT molecular complexity index is 1030. The van der Waals surface area contributed by atoms with E-state index in [1.54, 1.807) is 20.8 Å². The van der Waals surface area contributed by atoms with Gasteiger partial charge in [-0.2, -0.15) is 0 Å². The summed E-state index contributed by atoms with van der Waals surface area (Å²) in [5.74, 6) is -11.8. The SMILES string of the molecule is CCCC[C@H](C)[C@H](OC(=O)C[C@H](CC(=O)O)C(=O)O)[C@H](C[C@H](C)C[C@H](O)CCCCCC[C@H](O)[C@@H](C)N)OC(=O)C[C@@H](CC(=O)O)C(=O)O. The Morgan fingerprint density at radius 1 is 0.633 bits per heavy atom. The van der Waals surface area contributed by atoms with E-state index in [-0.39, 0.29) is 24.8 Å². The molecule has 15 nitrogen and oxygen atoms in total. The van der Waals surface area contributed by atoms with E-state index in [0.29, 0.717) is 25.7 Å². The maximum Gasteiger partial charge on any atom is 0.307 e. The van der Waals surface area contributed by atoms with Crippen LogP contribution in [0.1, 0.15) is 124 Å². The first-order chi connectivity index (χ1) is 22.9. The first kappa shape index (κ1) is 45.7. The summed E-state index contributed by atoms with van der Waals surface area (Å²) in [5, 5.41) is 57.6. The number of nitrogens with two attached hydrogens (primary N) is 1. The van der Waals surface area contributed by atoms with Crippen LogP contribution >= 0.6 is 0 Å². The van der Waals surface area contributed by atoms with Gasteiger partial charge in [-0.3, -0.25) is 28.8 Å². The lowest BCUT2D eigenvalue weighted by Gasteiger charge is -2.33. The molecule has 0 aromatic heterocycles. The summed E-state index contributed by atoms with van der Waals surface area (Å²) >= 11 is 0. The lowest BCUT2D eigenvalue weighted by molar-refractivity contribution is -0.177. The summed E-state index contributed by atoms with van der Waals surface area (Å²) < 4.78 is 11.4. The molecule has 0 saturated carbocycles. The van der Waals surface area contributed by atoms with Gasteiger partial charge in [0, 0.05) is 6.04 Å². The Hall–Kier alpha value is -3.30. The van der Waals surface area contributed by atoms with E-state index in [9.17, 15) is 49.2 Å². The number of aliphatic carboxylic acids is 4. The lowest BCUT2D eigenvalue weighted by Crippen LogP contribution is -2.42. The zero-order valence-corrected chi connectivity index (χ0v) is 29.3. The van der Waals surface area contributed by atoms with E-state index >= 15 is 0 Å². The standard InChI is InChI=1S/C34H59NO14/c1-5-6-11-21(3)32(49-31(43)19-24(34(46)47)17-29(40)41)27(48-30(42)18-23(33(44)45)16-28(38)39)15-20(2)14-25(36)12-9-7-8-10-13-26(37)22(4)35/h20-27,32,36-37H,5-19,35H2,1-4H3,(H,38,39)(H,40,41)(H,44,45)(H,46,47)/t20-,21+,22-,23-,24+,25-,26+,27+,32+/m1/s1. The minimum atomic E-state index is -1.57. The van der Waals surface area contributed by atoms with Crippen LogP contribution in [-0.2, 0) is 38.2 Å². The summed E-state index contributed by atoms with van der Waals surface area (Å²) in [7, 11) is 0. The molecule has 49 heavy (non-hydrogen) atoms. The number of carbonyl (C=O) groups is 6. The van der Waals surface area contributed by atoms with E-state index in [0.717, 1.165) is 32.1 Å². The van der Waals surface area contributed by atoms with Crippen LogP contribution in [0.5, 0.6) is 0 Å². The van der Waals surface area contributed by atoms with E-state index in [1.807, 2.05) is 6.92 Å². The number of carboxylic acid groups (broad SMARTS) is 4. The van der Waals surface area contributed by atoms with Crippen LogP contribution in [0.4, 0.5) is 0 Å². The molecule has 284 valence electrons. The second kappa shape index (κ2) is 24.8. The van der Waals surface area contributed by atoms with Crippen LogP contribution < -0.4 is 5.73 Å². The fourth-order valence-corrected chi connectivity index (χ4v) is 5.66. The topological polar surface area (TPSA) is 268 Å². The highest BCUT2D eigenvalue weighted by atomic mass is 16.6. The normalized spacial score (nSPS) is 17.0. The van der Waals surface area contributed by atoms with Crippen molar-refractivity contribution in [2.75, 3.05) is 0 Å². The van der Waals surface area contributed by atoms with Crippen LogP contribution in [-0.4, -0.2) is 96.9 Å². The Morgan fingerprint density at radius 3 is 1.57 bits per heavy atom. The Kier molecular flexibility index (Phi) is 23.1. The molecule has 0 rings (SSSR count). The van der Waals surface area contributed by atoms with Crippen LogP contribution in [0, 0.1) is 23.7 Å². The molecule has 0 heterocycles. The second-order valence-corrected chi connectivity index (χ2v) is 13.4. The third-order valence-corrected chi connectivity index (χ3v) is 8.56. The molecular weight excluding hydrogens is 646 g/mol. The van der Waals surface area contributed by atoms with Gasteiger partial charge in [0.1, 0.15) is 12.2 Å². The number of ether oxygens (including phenoxy) is 2. The van der Waals surface area contributed by atoms with Crippen LogP contribution in [0.3, 0.4) is 0 Å². The molecule has 0 aromatic carbocycles. The molecule has 8 N–H and O–H groups in total. The zero-order valence-electron chi connectivity index (χ0n) is 29.3. The summed E-state index contributed by atoms with van der Waals surface area (Å²) in [6.45, 7) is 7.23. The molecule has 0 aliphatic heterocycles. The van der Waals surface area contributed by atoms with Crippen molar-refractivity contribution in [2.24, 2.45) is 29.4 Å². The number of unbranched alkanes of at least 4 members (excludes halogenated alkanes) is 4. The van der Waals surface area contributed by atoms with Crippen molar-refractivity contribution in [1.82, 2.24) is 0 Å². The Labute approximate surface area is 288 Å². The average molecular weight is 706 g/mol. The van der Waals surface area contributed by atoms with Crippen molar-refractivity contribution in [3.05, 3.63) is 0 Å². The molecule has 0 fully saturated rings. The van der Waals surface area contributed by atoms with Gasteiger partial charge in [-0.05, 0) is 50.9 Å². The maximum atomic E-state index is 13.0. The van der Waals surface area contributed by atoms with Crippen LogP contribution in [0.15, 0.2) is 0 Å². The first-order valence-electron chi connectivity index (χ1n) is 17.3. The van der Waals surface area contributed by atoms with Gasteiger partial charge in [-0.1, -0.05) is 59.3 Å². The number of hydrogen-bond donors (Lipinski definition) is 7. The summed E-state index contributed by atoms with van der Waals surface area (Å²) in [6, 6.07) is -0.300. The highest BCUT2D eigenvalue weighted by Gasteiger charge is 2.37. The van der Waals surface area contributed by atoms with Crippen molar-refractivity contribution in [2.45, 2.75) is 154 Å². The molecule has 0 radical (unpaired) electrons. The molecule has 0 unspecified atom stereocenters. The predicted molar refractivity (Wildman–Crippen MR) is 176 cm³/mol. The minimum Gasteiger partial charge on any atom is -0.481 e. The smallest absolute Gasteiger partial charge is 0.307 e. The van der Waals surface area contributed by atoms with E-state index in [1.165, 1.54) is 0 Å². The van der Waals surface area contributed by atoms with E-state index in [4.69, 9.17) is 25.4 Å². The van der Waals surface area contributed by atoms with E-state index < -0.39 is 104 Å². The molecule has 0 aliphatic rings. The number of aliphatic hydroxyl groups is 2. The second-order valence-electron chi connectivity index (χ2n) is 13.4. The van der Waals surface area contributed by atoms with Gasteiger partial charge in [0.25, 0.3) is 0 Å². The molecule has 0 spiro atoms. The van der Waals surface area contributed by atoms with Crippen molar-refractivity contribution < 1.29 is 68.9 Å². The number of esters is 2. The molecule has 15 heteroatoms. The van der Waals surface area contributed by atoms with Gasteiger partial charge in [0.15, 0.2) is 0 Å². The predicted octanol–water partition coefficient (Wildman–Crippen LogP) is 3.59. The number of carbonyl (C=O) groups excluding carboxylic acids is 2.